The first-order chi connectivity index (χ1) is 3.81. The molecular formula is C15H46O. The quantitative estimate of drug-likeness (QED) is 0.507. The van der Waals surface area contributed by atoms with E-state index in [-0.39, 0.29) is 59.4 Å². The minimum atomic E-state index is 0. The lowest BCUT2D eigenvalue weighted by Crippen LogP contribution is -1.92. The normalized spacial score (nSPS) is 4.62. The average Bonchev–Trinajstić information content (AvgIpc) is 1.83. The molecule has 0 aliphatic carbocycles. The number of carbonyl (C=O) groups excluding carboxylic acids is 1. The fourth-order valence-corrected chi connectivity index (χ4v) is 0.551. The highest BCUT2D eigenvalue weighted by Crippen LogP contribution is 1.96. The van der Waals surface area contributed by atoms with Crippen molar-refractivity contribution in [3.8, 4) is 0 Å². The van der Waals surface area contributed by atoms with Crippen LogP contribution in [0.5, 0.6) is 0 Å². The first-order valence-electron chi connectivity index (χ1n) is 3.33. The molecule has 0 aromatic rings. The third kappa shape index (κ3) is 68.3. The molecule has 0 radical (unpaired) electrons. The van der Waals surface area contributed by atoms with Gasteiger partial charge in [0.05, 0.1) is 0 Å². The van der Waals surface area contributed by atoms with Gasteiger partial charge >= 0.3 is 0 Å². The molecule has 1 heteroatoms. The van der Waals surface area contributed by atoms with Crippen molar-refractivity contribution in [2.75, 3.05) is 0 Å². The van der Waals surface area contributed by atoms with Gasteiger partial charge in [-0.05, 0) is 6.42 Å². The van der Waals surface area contributed by atoms with Crippen molar-refractivity contribution >= 4 is 5.78 Å². The maximum absolute atomic E-state index is 10.6. The van der Waals surface area contributed by atoms with Gasteiger partial charge in [-0.25, -0.2) is 0 Å². The molecule has 0 bridgehead atoms. The number of rotatable bonds is 4. The fourth-order valence-electron chi connectivity index (χ4n) is 0.551. The maximum Gasteiger partial charge on any atom is 0.132 e. The van der Waals surface area contributed by atoms with Crippen molar-refractivity contribution in [2.24, 2.45) is 0 Å². The van der Waals surface area contributed by atoms with Crippen LogP contribution in [0.15, 0.2) is 0 Å². The van der Waals surface area contributed by atoms with E-state index >= 15 is 0 Å². The number of ketones is 1. The summed E-state index contributed by atoms with van der Waals surface area (Å²) < 4.78 is 0. The van der Waals surface area contributed by atoms with E-state index in [0.29, 0.717) is 12.2 Å². The molecule has 0 heterocycles. The monoisotopic (exact) mass is 242 g/mol. The molecule has 0 saturated carbocycles. The minimum Gasteiger partial charge on any atom is -0.300 e. The summed E-state index contributed by atoms with van der Waals surface area (Å²) in [5.41, 5.74) is 0. The highest BCUT2D eigenvalue weighted by Gasteiger charge is 1.93. The molecule has 0 N–H and O–H groups in total. The van der Waals surface area contributed by atoms with E-state index in [4.69, 9.17) is 0 Å². The third-order valence-electron chi connectivity index (χ3n) is 1.20. The van der Waals surface area contributed by atoms with Crippen molar-refractivity contribution in [3.05, 3.63) is 0 Å². The molecule has 0 amide bonds. The molecule has 0 unspecified atom stereocenters. The van der Waals surface area contributed by atoms with Gasteiger partial charge in [-0.3, -0.25) is 4.79 Å². The molecule has 0 aromatic heterocycles. The molecule has 112 valence electrons. The van der Waals surface area contributed by atoms with Gasteiger partial charge in [-0.1, -0.05) is 79.7 Å². The Morgan fingerprint density at radius 1 is 0.750 bits per heavy atom. The zero-order valence-corrected chi connectivity index (χ0v) is 5.74. The molecule has 0 fully saturated rings. The fraction of sp³-hybridized carbons (Fsp3) is 0.933. The second-order valence-corrected chi connectivity index (χ2v) is 2.00. The zero-order valence-electron chi connectivity index (χ0n) is 5.74. The maximum atomic E-state index is 10.6. The summed E-state index contributed by atoms with van der Waals surface area (Å²) >= 11 is 0. The van der Waals surface area contributed by atoms with Gasteiger partial charge in [0.25, 0.3) is 0 Å². The lowest BCUT2D eigenvalue weighted by Gasteiger charge is -1.91. The Labute approximate surface area is 110 Å². The molecule has 0 aromatic carbocycles. The Balaban J connectivity index is -0.00000000875. The molecule has 0 saturated heterocycles. The molecule has 0 spiro atoms. The summed E-state index contributed by atoms with van der Waals surface area (Å²) in [7, 11) is 0. The number of hydrogen-bond donors (Lipinski definition) is 0. The first kappa shape index (κ1) is 75.8. The summed E-state index contributed by atoms with van der Waals surface area (Å²) in [4.78, 5) is 10.6. The topological polar surface area (TPSA) is 17.1 Å². The number of unbranched alkanes of at least 4 members (excludes halogenated alkanes) is 1. The van der Waals surface area contributed by atoms with E-state index in [1.807, 2.05) is 6.92 Å². The van der Waals surface area contributed by atoms with Gasteiger partial charge in [-0.15, -0.1) is 0 Å². The van der Waals surface area contributed by atoms with E-state index in [2.05, 4.69) is 6.92 Å². The van der Waals surface area contributed by atoms with Crippen LogP contribution in [-0.4, -0.2) is 5.78 Å². The Bertz CT molecular complexity index is 67.8. The molecule has 0 rings (SSSR count). The smallest absolute Gasteiger partial charge is 0.132 e. The number of carbonyl (C=O) groups is 1. The van der Waals surface area contributed by atoms with Gasteiger partial charge in [0, 0.05) is 12.8 Å². The standard InChI is InChI=1S/C7H14O.8CH4/c1-3-5-6-7(8)4-2;;;;;;;;/h3-6H2,1-2H3;8*1H4. The summed E-state index contributed by atoms with van der Waals surface area (Å²) in [6, 6.07) is 0. The van der Waals surface area contributed by atoms with Crippen molar-refractivity contribution in [3.63, 3.8) is 0 Å². The zero-order chi connectivity index (χ0) is 6.41. The molecule has 0 atom stereocenters. The Hall–Kier alpha value is -0.330. The SMILES string of the molecule is C.C.C.C.C.C.C.C.CCCCC(=O)CC. The molecule has 16 heavy (non-hydrogen) atoms. The van der Waals surface area contributed by atoms with Gasteiger partial charge in [-0.2, -0.15) is 0 Å². The van der Waals surface area contributed by atoms with Crippen LogP contribution in [0.2, 0.25) is 0 Å². The first-order valence-corrected chi connectivity index (χ1v) is 3.33. The van der Waals surface area contributed by atoms with E-state index in [9.17, 15) is 4.79 Å². The van der Waals surface area contributed by atoms with Crippen LogP contribution in [0.25, 0.3) is 0 Å². The highest BCUT2D eigenvalue weighted by atomic mass is 16.1. The second kappa shape index (κ2) is 61.6. The Morgan fingerprint density at radius 3 is 1.25 bits per heavy atom. The molecule has 1 nitrogen and oxygen atoms in total. The van der Waals surface area contributed by atoms with Gasteiger partial charge in [0.1, 0.15) is 5.78 Å². The van der Waals surface area contributed by atoms with E-state index in [0.717, 1.165) is 19.3 Å². The van der Waals surface area contributed by atoms with Crippen LogP contribution in [0, 0.1) is 0 Å². The van der Waals surface area contributed by atoms with E-state index in [1.54, 1.807) is 0 Å². The molecule has 0 aliphatic heterocycles. The average molecular weight is 243 g/mol. The molecule has 0 aliphatic rings. The number of Topliss-reactive ketones (excluding diaryl/α,β-unsaturated/α-hetero) is 1. The van der Waals surface area contributed by atoms with Crippen LogP contribution in [-0.2, 0) is 4.79 Å². The minimum absolute atomic E-state index is 0. The predicted molar refractivity (Wildman–Crippen MR) is 88.7 cm³/mol. The Kier molecular flexibility index (Phi) is 292. The van der Waals surface area contributed by atoms with Gasteiger partial charge in [0.2, 0.25) is 0 Å². The summed E-state index contributed by atoms with van der Waals surface area (Å²) in [5.74, 6) is 0.395. The lowest BCUT2D eigenvalue weighted by molar-refractivity contribution is -0.118. The third-order valence-corrected chi connectivity index (χ3v) is 1.20. The predicted octanol–water partition coefficient (Wildman–Crippen LogP) is 7.24. The van der Waals surface area contributed by atoms with Crippen LogP contribution in [0.1, 0.15) is 98.9 Å². The Morgan fingerprint density at radius 2 is 1.06 bits per heavy atom. The van der Waals surface area contributed by atoms with Gasteiger partial charge < -0.3 is 0 Å². The van der Waals surface area contributed by atoms with E-state index < -0.39 is 0 Å². The summed E-state index contributed by atoms with van der Waals surface area (Å²) in [6.07, 6.45) is 3.69. The van der Waals surface area contributed by atoms with Crippen LogP contribution in [0.4, 0.5) is 0 Å². The van der Waals surface area contributed by atoms with Crippen LogP contribution >= 0.6 is 0 Å². The van der Waals surface area contributed by atoms with Crippen molar-refractivity contribution in [1.82, 2.24) is 0 Å². The van der Waals surface area contributed by atoms with Crippen molar-refractivity contribution < 1.29 is 4.79 Å². The van der Waals surface area contributed by atoms with Crippen LogP contribution < -0.4 is 0 Å². The van der Waals surface area contributed by atoms with Crippen molar-refractivity contribution in [2.45, 2.75) is 98.9 Å². The van der Waals surface area contributed by atoms with Gasteiger partial charge in [0.15, 0.2) is 0 Å². The highest BCUT2D eigenvalue weighted by molar-refractivity contribution is 5.77. The summed E-state index contributed by atoms with van der Waals surface area (Å²) in [5, 5.41) is 0. The molecular weight excluding hydrogens is 196 g/mol. The summed E-state index contributed by atoms with van der Waals surface area (Å²) in [6.45, 7) is 4.01. The largest absolute Gasteiger partial charge is 0.300 e. The second-order valence-electron chi connectivity index (χ2n) is 2.00. The van der Waals surface area contributed by atoms with E-state index in [1.165, 1.54) is 0 Å². The number of hydrogen-bond acceptors (Lipinski definition) is 1. The van der Waals surface area contributed by atoms with Crippen molar-refractivity contribution in [1.29, 1.82) is 0 Å². The lowest BCUT2D eigenvalue weighted by atomic mass is 10.1. The van der Waals surface area contributed by atoms with Crippen LogP contribution in [0.3, 0.4) is 0 Å².